The highest BCUT2D eigenvalue weighted by atomic mass is 19.1. The number of ether oxygens (including phenoxy) is 1. The molecule has 1 fully saturated rings. The Kier molecular flexibility index (Phi) is 6.14. The van der Waals surface area contributed by atoms with Crippen LogP contribution in [0.15, 0.2) is 36.7 Å². The topological polar surface area (TPSA) is 70.5 Å². The number of hydrogen-bond donors (Lipinski definition) is 2. The molecule has 134 valence electrons. The fourth-order valence-electron chi connectivity index (χ4n) is 2.93. The van der Waals surface area contributed by atoms with Crippen molar-refractivity contribution in [3.63, 3.8) is 0 Å². The minimum absolute atomic E-state index is 0.0498. The minimum Gasteiger partial charge on any atom is -0.474 e. The van der Waals surface area contributed by atoms with Crippen molar-refractivity contribution in [2.24, 2.45) is 0 Å². The number of aliphatic hydroxyl groups excluding tert-OH is 1. The first-order valence-electron chi connectivity index (χ1n) is 8.52. The van der Waals surface area contributed by atoms with E-state index in [0.29, 0.717) is 17.7 Å². The van der Waals surface area contributed by atoms with Crippen LogP contribution in [0.2, 0.25) is 0 Å². The Bertz CT molecular complexity index is 660. The van der Waals surface area contributed by atoms with Crippen molar-refractivity contribution >= 4 is 5.82 Å². The normalized spacial score (nSPS) is 15.9. The highest BCUT2D eigenvalue weighted by Gasteiger charge is 2.19. The average molecular weight is 346 g/mol. The molecule has 1 aliphatic rings. The smallest absolute Gasteiger partial charge is 0.234 e. The number of halogens is 1. The van der Waals surface area contributed by atoms with E-state index in [1.807, 2.05) is 12.1 Å². The molecule has 25 heavy (non-hydrogen) atoms. The lowest BCUT2D eigenvalue weighted by Crippen LogP contribution is -2.38. The lowest BCUT2D eigenvalue weighted by molar-refractivity contribution is 0.196. The molecular formula is C18H23FN4O2. The lowest BCUT2D eigenvalue weighted by Gasteiger charge is -2.32. The third kappa shape index (κ3) is 5.37. The van der Waals surface area contributed by atoms with Gasteiger partial charge in [0.2, 0.25) is 5.88 Å². The zero-order valence-corrected chi connectivity index (χ0v) is 14.1. The van der Waals surface area contributed by atoms with Crippen LogP contribution in [-0.4, -0.2) is 52.3 Å². The Labute approximate surface area is 146 Å². The Balaban J connectivity index is 1.46. The minimum atomic E-state index is -0.196. The summed E-state index contributed by atoms with van der Waals surface area (Å²) in [6, 6.07) is 7.04. The Morgan fingerprint density at radius 3 is 2.68 bits per heavy atom. The predicted octanol–water partition coefficient (Wildman–Crippen LogP) is 2.06. The Morgan fingerprint density at radius 1 is 1.20 bits per heavy atom. The van der Waals surface area contributed by atoms with Gasteiger partial charge < -0.3 is 15.2 Å². The number of piperidine rings is 1. The van der Waals surface area contributed by atoms with Crippen molar-refractivity contribution in [3.8, 4) is 5.88 Å². The van der Waals surface area contributed by atoms with Gasteiger partial charge in [0.25, 0.3) is 0 Å². The van der Waals surface area contributed by atoms with Crippen molar-refractivity contribution in [3.05, 3.63) is 48.0 Å². The SMILES string of the molecule is OCCOc1cncc(NC2CCN(Cc3ccc(F)cc3)CC2)n1. The van der Waals surface area contributed by atoms with E-state index in [9.17, 15) is 4.39 Å². The van der Waals surface area contributed by atoms with E-state index in [-0.39, 0.29) is 19.0 Å². The maximum atomic E-state index is 13.0. The molecule has 0 atom stereocenters. The zero-order valence-electron chi connectivity index (χ0n) is 14.1. The number of aliphatic hydroxyl groups is 1. The number of likely N-dealkylation sites (tertiary alicyclic amines) is 1. The third-order valence-electron chi connectivity index (χ3n) is 4.21. The van der Waals surface area contributed by atoms with Gasteiger partial charge in [-0.2, -0.15) is 4.98 Å². The molecule has 2 N–H and O–H groups in total. The summed E-state index contributed by atoms with van der Waals surface area (Å²) in [5.74, 6) is 0.901. The second-order valence-electron chi connectivity index (χ2n) is 6.14. The van der Waals surface area contributed by atoms with Crippen LogP contribution >= 0.6 is 0 Å². The lowest BCUT2D eigenvalue weighted by atomic mass is 10.0. The second-order valence-corrected chi connectivity index (χ2v) is 6.14. The van der Waals surface area contributed by atoms with Crippen LogP contribution in [0.5, 0.6) is 5.88 Å². The van der Waals surface area contributed by atoms with Crippen LogP contribution in [0, 0.1) is 5.82 Å². The van der Waals surface area contributed by atoms with E-state index in [2.05, 4.69) is 20.2 Å². The number of aromatic nitrogens is 2. The number of rotatable bonds is 7. The van der Waals surface area contributed by atoms with Gasteiger partial charge in [-0.15, -0.1) is 0 Å². The molecule has 0 radical (unpaired) electrons. The summed E-state index contributed by atoms with van der Waals surface area (Å²) in [6.07, 6.45) is 5.22. The second kappa shape index (κ2) is 8.73. The molecule has 1 aromatic heterocycles. The quantitative estimate of drug-likeness (QED) is 0.800. The van der Waals surface area contributed by atoms with Gasteiger partial charge >= 0.3 is 0 Å². The summed E-state index contributed by atoms with van der Waals surface area (Å²) in [4.78, 5) is 10.8. The molecule has 0 spiro atoms. The van der Waals surface area contributed by atoms with Crippen LogP contribution in [0.4, 0.5) is 10.2 Å². The molecule has 0 unspecified atom stereocenters. The van der Waals surface area contributed by atoms with Gasteiger partial charge in [0.15, 0.2) is 0 Å². The van der Waals surface area contributed by atoms with E-state index in [4.69, 9.17) is 9.84 Å². The van der Waals surface area contributed by atoms with Crippen LogP contribution in [0.1, 0.15) is 18.4 Å². The first kappa shape index (κ1) is 17.6. The molecular weight excluding hydrogens is 323 g/mol. The van der Waals surface area contributed by atoms with Crippen molar-refractivity contribution < 1.29 is 14.2 Å². The van der Waals surface area contributed by atoms with Crippen molar-refractivity contribution in [1.82, 2.24) is 14.9 Å². The number of hydrogen-bond acceptors (Lipinski definition) is 6. The largest absolute Gasteiger partial charge is 0.474 e. The van der Waals surface area contributed by atoms with Crippen LogP contribution in [0.25, 0.3) is 0 Å². The van der Waals surface area contributed by atoms with E-state index in [1.165, 1.54) is 18.3 Å². The van der Waals surface area contributed by atoms with Gasteiger partial charge in [-0.05, 0) is 30.5 Å². The highest BCUT2D eigenvalue weighted by Crippen LogP contribution is 2.18. The standard InChI is InChI=1S/C18H23FN4O2/c19-15-3-1-14(2-4-15)13-23-7-5-16(6-8-23)21-17-11-20-12-18(22-17)25-10-9-24/h1-4,11-12,16,24H,5-10,13H2,(H,21,22). The van der Waals surface area contributed by atoms with Gasteiger partial charge in [-0.3, -0.25) is 9.88 Å². The fourth-order valence-corrected chi connectivity index (χ4v) is 2.93. The molecule has 2 heterocycles. The molecule has 0 amide bonds. The fraction of sp³-hybridized carbons (Fsp3) is 0.444. The summed E-state index contributed by atoms with van der Waals surface area (Å²) >= 11 is 0. The average Bonchev–Trinajstić information content (AvgIpc) is 2.64. The molecule has 2 aromatic rings. The van der Waals surface area contributed by atoms with E-state index in [0.717, 1.165) is 38.0 Å². The van der Waals surface area contributed by atoms with Crippen LogP contribution < -0.4 is 10.1 Å². The van der Waals surface area contributed by atoms with E-state index < -0.39 is 0 Å². The van der Waals surface area contributed by atoms with Crippen molar-refractivity contribution in [2.75, 3.05) is 31.6 Å². The maximum Gasteiger partial charge on any atom is 0.234 e. The van der Waals surface area contributed by atoms with Crippen molar-refractivity contribution in [1.29, 1.82) is 0 Å². The monoisotopic (exact) mass is 346 g/mol. The van der Waals surface area contributed by atoms with Gasteiger partial charge in [0.1, 0.15) is 18.2 Å². The van der Waals surface area contributed by atoms with Crippen LogP contribution in [-0.2, 0) is 6.54 Å². The molecule has 3 rings (SSSR count). The predicted molar refractivity (Wildman–Crippen MR) is 92.9 cm³/mol. The summed E-state index contributed by atoms with van der Waals surface area (Å²) in [5.41, 5.74) is 1.13. The number of anilines is 1. The molecule has 0 aliphatic carbocycles. The molecule has 1 aliphatic heterocycles. The molecule has 0 saturated carbocycles. The van der Waals surface area contributed by atoms with Gasteiger partial charge in [-0.25, -0.2) is 4.39 Å². The van der Waals surface area contributed by atoms with Gasteiger partial charge in [0, 0.05) is 25.7 Å². The third-order valence-corrected chi connectivity index (χ3v) is 4.21. The molecule has 0 bridgehead atoms. The van der Waals surface area contributed by atoms with Crippen molar-refractivity contribution in [2.45, 2.75) is 25.4 Å². The summed E-state index contributed by atoms with van der Waals surface area (Å²) < 4.78 is 18.2. The molecule has 7 heteroatoms. The van der Waals surface area contributed by atoms with E-state index in [1.54, 1.807) is 6.20 Å². The molecule has 6 nitrogen and oxygen atoms in total. The highest BCUT2D eigenvalue weighted by molar-refractivity contribution is 5.34. The van der Waals surface area contributed by atoms with Crippen LogP contribution in [0.3, 0.4) is 0 Å². The Morgan fingerprint density at radius 2 is 1.96 bits per heavy atom. The Hall–Kier alpha value is -2.25. The summed E-state index contributed by atoms with van der Waals surface area (Å²) in [6.45, 7) is 2.95. The molecule has 1 aromatic carbocycles. The number of nitrogens with zero attached hydrogens (tertiary/aromatic N) is 3. The maximum absolute atomic E-state index is 13.0. The van der Waals surface area contributed by atoms with Gasteiger partial charge in [-0.1, -0.05) is 12.1 Å². The number of benzene rings is 1. The first-order valence-corrected chi connectivity index (χ1v) is 8.52. The summed E-state index contributed by atoms with van der Waals surface area (Å²) in [5, 5.41) is 12.2. The number of nitrogens with one attached hydrogen (secondary N) is 1. The molecule has 1 saturated heterocycles. The zero-order chi connectivity index (χ0) is 17.5. The summed E-state index contributed by atoms with van der Waals surface area (Å²) in [7, 11) is 0. The van der Waals surface area contributed by atoms with Gasteiger partial charge in [0.05, 0.1) is 19.0 Å². The first-order chi connectivity index (χ1) is 12.2. The van der Waals surface area contributed by atoms with E-state index >= 15 is 0 Å².